The fraction of sp³-hybridized carbons (Fsp3) is 0.647. The van der Waals surface area contributed by atoms with E-state index in [4.69, 9.17) is 16.3 Å². The molecule has 0 unspecified atom stereocenters. The fourth-order valence-corrected chi connectivity index (χ4v) is 2.91. The SMILES string of the molecule is CC(C)CO[C@H](C)C(=O)N1CCN(c2ncc(C(F)(F)F)cc2Cl)CC1. The number of rotatable bonds is 5. The van der Waals surface area contributed by atoms with Crippen LogP contribution in [0.25, 0.3) is 0 Å². The van der Waals surface area contributed by atoms with Crippen LogP contribution in [0.5, 0.6) is 0 Å². The van der Waals surface area contributed by atoms with Crippen LogP contribution in [0.15, 0.2) is 12.3 Å². The summed E-state index contributed by atoms with van der Waals surface area (Å²) in [7, 11) is 0. The van der Waals surface area contributed by atoms with Gasteiger partial charge < -0.3 is 14.5 Å². The van der Waals surface area contributed by atoms with Crippen molar-refractivity contribution in [3.05, 3.63) is 22.8 Å². The van der Waals surface area contributed by atoms with E-state index >= 15 is 0 Å². The maximum absolute atomic E-state index is 12.7. The maximum atomic E-state index is 12.7. The molecule has 0 spiro atoms. The highest BCUT2D eigenvalue weighted by atomic mass is 35.5. The van der Waals surface area contributed by atoms with Gasteiger partial charge in [0.15, 0.2) is 0 Å². The van der Waals surface area contributed by atoms with Gasteiger partial charge in [-0.3, -0.25) is 4.79 Å². The van der Waals surface area contributed by atoms with Gasteiger partial charge in [-0.15, -0.1) is 0 Å². The van der Waals surface area contributed by atoms with Gasteiger partial charge in [0.25, 0.3) is 5.91 Å². The molecule has 2 heterocycles. The van der Waals surface area contributed by atoms with Crippen LogP contribution in [-0.4, -0.2) is 54.7 Å². The molecule has 1 atom stereocenters. The van der Waals surface area contributed by atoms with E-state index in [2.05, 4.69) is 4.98 Å². The first-order chi connectivity index (χ1) is 12.1. The third kappa shape index (κ3) is 5.23. The van der Waals surface area contributed by atoms with Crippen LogP contribution in [0.4, 0.5) is 19.0 Å². The van der Waals surface area contributed by atoms with Gasteiger partial charge in [-0.1, -0.05) is 25.4 Å². The van der Waals surface area contributed by atoms with Crippen LogP contribution in [0.3, 0.4) is 0 Å². The quantitative estimate of drug-likeness (QED) is 0.768. The highest BCUT2D eigenvalue weighted by Crippen LogP contribution is 2.33. The molecule has 1 amide bonds. The largest absolute Gasteiger partial charge is 0.417 e. The molecular weight excluding hydrogens is 371 g/mol. The molecule has 2 rings (SSSR count). The molecule has 1 aromatic heterocycles. The minimum absolute atomic E-state index is 0.0479. The molecule has 26 heavy (non-hydrogen) atoms. The number of hydrogen-bond donors (Lipinski definition) is 0. The number of amides is 1. The zero-order chi connectivity index (χ0) is 19.5. The molecule has 9 heteroatoms. The van der Waals surface area contributed by atoms with E-state index in [1.807, 2.05) is 13.8 Å². The molecule has 0 aliphatic carbocycles. The molecule has 146 valence electrons. The topological polar surface area (TPSA) is 45.7 Å². The zero-order valence-electron chi connectivity index (χ0n) is 15.0. The van der Waals surface area contributed by atoms with Gasteiger partial charge in [-0.25, -0.2) is 4.98 Å². The Morgan fingerprint density at radius 1 is 1.27 bits per heavy atom. The predicted octanol–water partition coefficient (Wildman–Crippen LogP) is 3.46. The van der Waals surface area contributed by atoms with Crippen molar-refractivity contribution < 1.29 is 22.7 Å². The second-order valence-corrected chi connectivity index (χ2v) is 7.12. The van der Waals surface area contributed by atoms with Gasteiger partial charge in [0.1, 0.15) is 11.9 Å². The summed E-state index contributed by atoms with van der Waals surface area (Å²) >= 11 is 5.98. The summed E-state index contributed by atoms with van der Waals surface area (Å²) in [6.45, 7) is 8.03. The minimum Gasteiger partial charge on any atom is -0.368 e. The Hall–Kier alpha value is -1.54. The Bertz CT molecular complexity index is 632. The van der Waals surface area contributed by atoms with Gasteiger partial charge in [0.05, 0.1) is 10.6 Å². The van der Waals surface area contributed by atoms with E-state index < -0.39 is 17.8 Å². The number of anilines is 1. The monoisotopic (exact) mass is 393 g/mol. The van der Waals surface area contributed by atoms with Gasteiger partial charge in [0, 0.05) is 39.0 Å². The average Bonchev–Trinajstić information content (AvgIpc) is 2.58. The summed E-state index contributed by atoms with van der Waals surface area (Å²) < 4.78 is 43.7. The average molecular weight is 394 g/mol. The number of nitrogens with zero attached hydrogens (tertiary/aromatic N) is 3. The fourth-order valence-electron chi connectivity index (χ4n) is 2.62. The molecule has 0 aromatic carbocycles. The zero-order valence-corrected chi connectivity index (χ0v) is 15.8. The van der Waals surface area contributed by atoms with Crippen LogP contribution in [0, 0.1) is 5.92 Å². The second-order valence-electron chi connectivity index (χ2n) is 6.71. The van der Waals surface area contributed by atoms with Crippen LogP contribution in [0.2, 0.25) is 5.02 Å². The molecule has 0 N–H and O–H groups in total. The van der Waals surface area contributed by atoms with Crippen molar-refractivity contribution in [2.75, 3.05) is 37.7 Å². The van der Waals surface area contributed by atoms with Crippen molar-refractivity contribution in [1.82, 2.24) is 9.88 Å². The first-order valence-corrected chi connectivity index (χ1v) is 8.85. The van der Waals surface area contributed by atoms with Gasteiger partial charge in [-0.2, -0.15) is 13.2 Å². The number of halogens is 4. The number of carbonyl (C=O) groups is 1. The predicted molar refractivity (Wildman–Crippen MR) is 93.3 cm³/mol. The summed E-state index contributed by atoms with van der Waals surface area (Å²) in [5, 5.41) is -0.0479. The van der Waals surface area contributed by atoms with E-state index in [-0.39, 0.29) is 10.9 Å². The van der Waals surface area contributed by atoms with Gasteiger partial charge in [0.2, 0.25) is 0 Å². The lowest BCUT2D eigenvalue weighted by Crippen LogP contribution is -2.51. The lowest BCUT2D eigenvalue weighted by Gasteiger charge is -2.36. The Morgan fingerprint density at radius 3 is 2.38 bits per heavy atom. The van der Waals surface area contributed by atoms with Gasteiger partial charge >= 0.3 is 6.18 Å². The Balaban J connectivity index is 1.95. The van der Waals surface area contributed by atoms with E-state index in [1.54, 1.807) is 16.7 Å². The summed E-state index contributed by atoms with van der Waals surface area (Å²) in [5.74, 6) is 0.558. The van der Waals surface area contributed by atoms with Crippen molar-refractivity contribution in [2.45, 2.75) is 33.1 Å². The molecule has 0 saturated carbocycles. The van der Waals surface area contributed by atoms with E-state index in [0.717, 1.165) is 12.3 Å². The smallest absolute Gasteiger partial charge is 0.368 e. The van der Waals surface area contributed by atoms with Crippen molar-refractivity contribution in [2.24, 2.45) is 5.92 Å². The number of ether oxygens (including phenoxy) is 1. The lowest BCUT2D eigenvalue weighted by molar-refractivity contribution is -0.143. The van der Waals surface area contributed by atoms with Crippen LogP contribution >= 0.6 is 11.6 Å². The maximum Gasteiger partial charge on any atom is 0.417 e. The normalized spacial score (nSPS) is 16.9. The Labute approximate surface area is 156 Å². The van der Waals surface area contributed by atoms with E-state index in [1.165, 1.54) is 0 Å². The number of alkyl halides is 3. The molecule has 5 nitrogen and oxygen atoms in total. The summed E-state index contributed by atoms with van der Waals surface area (Å²) in [6.07, 6.45) is -4.22. The van der Waals surface area contributed by atoms with Crippen molar-refractivity contribution >= 4 is 23.3 Å². The lowest BCUT2D eigenvalue weighted by atomic mass is 10.2. The molecule has 0 radical (unpaired) electrons. The van der Waals surface area contributed by atoms with Crippen LogP contribution in [0.1, 0.15) is 26.3 Å². The minimum atomic E-state index is -4.48. The van der Waals surface area contributed by atoms with E-state index in [9.17, 15) is 18.0 Å². The first-order valence-electron chi connectivity index (χ1n) is 8.47. The summed E-state index contributed by atoms with van der Waals surface area (Å²) in [6, 6.07) is 0.878. The molecule has 1 aromatic rings. The van der Waals surface area contributed by atoms with Crippen LogP contribution < -0.4 is 4.90 Å². The third-order valence-corrected chi connectivity index (χ3v) is 4.35. The summed E-state index contributed by atoms with van der Waals surface area (Å²) in [4.78, 5) is 19.7. The number of carbonyl (C=O) groups excluding carboxylic acids is 1. The first kappa shape index (κ1) is 20.8. The Morgan fingerprint density at radius 2 is 1.88 bits per heavy atom. The number of aromatic nitrogens is 1. The van der Waals surface area contributed by atoms with Crippen molar-refractivity contribution in [3.63, 3.8) is 0 Å². The molecule has 1 fully saturated rings. The Kier molecular flexibility index (Phi) is 6.74. The van der Waals surface area contributed by atoms with E-state index in [0.29, 0.717) is 44.5 Å². The molecule has 1 aliphatic rings. The van der Waals surface area contributed by atoms with Crippen molar-refractivity contribution in [1.29, 1.82) is 0 Å². The van der Waals surface area contributed by atoms with Gasteiger partial charge in [-0.05, 0) is 18.9 Å². The number of piperazine rings is 1. The molecule has 1 saturated heterocycles. The summed E-state index contributed by atoms with van der Waals surface area (Å²) in [5.41, 5.74) is -0.879. The third-order valence-electron chi connectivity index (χ3n) is 4.07. The number of hydrogen-bond acceptors (Lipinski definition) is 4. The second kappa shape index (κ2) is 8.43. The van der Waals surface area contributed by atoms with Crippen LogP contribution in [-0.2, 0) is 15.7 Å². The number of pyridine rings is 1. The standard InChI is InChI=1S/C17H23ClF3N3O2/c1-11(2)10-26-12(3)16(25)24-6-4-23(5-7-24)15-14(18)8-13(9-22-15)17(19,20)21/h8-9,11-12H,4-7,10H2,1-3H3/t12-/m1/s1. The van der Waals surface area contributed by atoms with Crippen molar-refractivity contribution in [3.8, 4) is 0 Å². The molecule has 1 aliphatic heterocycles. The highest BCUT2D eigenvalue weighted by molar-refractivity contribution is 6.33. The molecular formula is C17H23ClF3N3O2. The molecule has 0 bridgehead atoms. The highest BCUT2D eigenvalue weighted by Gasteiger charge is 2.33.